The summed E-state index contributed by atoms with van der Waals surface area (Å²) in [6, 6.07) is 6.97. The van der Waals surface area contributed by atoms with Crippen molar-refractivity contribution in [2.45, 2.75) is 31.7 Å². The van der Waals surface area contributed by atoms with E-state index in [1.54, 1.807) is 46.7 Å². The van der Waals surface area contributed by atoms with Gasteiger partial charge in [-0.25, -0.2) is 15.0 Å². The molecule has 3 aliphatic heterocycles. The van der Waals surface area contributed by atoms with Crippen molar-refractivity contribution in [2.75, 3.05) is 24.5 Å². The summed E-state index contributed by atoms with van der Waals surface area (Å²) in [6.45, 7) is -0.792. The van der Waals surface area contributed by atoms with Gasteiger partial charge in [0.1, 0.15) is 0 Å². The van der Waals surface area contributed by atoms with Crippen LogP contribution in [0.4, 0.5) is 14.7 Å². The van der Waals surface area contributed by atoms with E-state index in [0.29, 0.717) is 46.3 Å². The Morgan fingerprint density at radius 2 is 2.08 bits per heavy atom. The minimum Gasteiger partial charge on any atom is -0.353 e. The fraction of sp³-hybridized carbons (Fsp3) is 0.296. The first-order chi connectivity index (χ1) is 20.1. The number of para-hydroxylation sites is 2. The first-order valence-electron chi connectivity index (χ1n) is 13.8. The maximum atomic E-state index is 14.0. The zero-order chi connectivity index (χ0) is 29.5. The van der Waals surface area contributed by atoms with Crippen molar-refractivity contribution < 1.29 is 27.3 Å². The minimum absolute atomic E-state index is 0.0317. The Hall–Kier alpha value is -4.45. The minimum atomic E-state index is -3.34. The molecule has 1 saturated heterocycles. The Balaban J connectivity index is 1.53. The maximum Gasteiger partial charge on any atom is 0.347 e. The smallest absolute Gasteiger partial charge is 0.347 e. The number of nitrogens with zero attached hydrogens (tertiary/aromatic N) is 5. The van der Waals surface area contributed by atoms with Gasteiger partial charge < -0.3 is 20.1 Å². The van der Waals surface area contributed by atoms with Gasteiger partial charge in [0.15, 0.2) is 7.24 Å². The zero-order valence-corrected chi connectivity index (χ0v) is 20.6. The van der Waals surface area contributed by atoms with Gasteiger partial charge in [-0.15, -0.1) is 0 Å². The fourth-order valence-electron chi connectivity index (χ4n) is 5.80. The van der Waals surface area contributed by atoms with Crippen LogP contribution in [0.3, 0.4) is 0 Å². The molecule has 2 atom stereocenters. The van der Waals surface area contributed by atoms with Gasteiger partial charge >= 0.3 is 6.61 Å². The molecular weight excluding hydrogens is 508 g/mol. The van der Waals surface area contributed by atoms with Crippen LogP contribution < -0.4 is 15.5 Å². The van der Waals surface area contributed by atoms with Crippen LogP contribution in [0.25, 0.3) is 22.3 Å². The van der Waals surface area contributed by atoms with E-state index in [-0.39, 0.29) is 47.8 Å². The van der Waals surface area contributed by atoms with Crippen LogP contribution in [-0.2, 0) is 15.3 Å². The predicted molar refractivity (Wildman–Crippen MR) is 136 cm³/mol. The van der Waals surface area contributed by atoms with Gasteiger partial charge in [0.25, 0.3) is 5.91 Å². The number of piperazine rings is 1. The van der Waals surface area contributed by atoms with Crippen molar-refractivity contribution >= 4 is 28.8 Å². The third-order valence-corrected chi connectivity index (χ3v) is 7.35. The van der Waals surface area contributed by atoms with Crippen molar-refractivity contribution in [3.05, 3.63) is 71.1 Å². The Kier molecular flexibility index (Phi) is 4.49. The molecule has 4 aromatic rings. The van der Waals surface area contributed by atoms with E-state index in [2.05, 4.69) is 15.3 Å². The summed E-state index contributed by atoms with van der Waals surface area (Å²) in [6.07, 6.45) is 1.22. The average Bonchev–Trinajstić information content (AvgIpc) is 3.48. The number of aromatic nitrogens is 4. The highest BCUT2D eigenvalue weighted by Gasteiger charge is 2.54. The molecule has 198 valence electrons. The molecule has 12 heteroatoms. The SMILES string of the molecule is [2H]c1c([2H])c2c(c(-c3ccnc(N4CCNC(=O)C4)n3)c1C)[C@H]1C[C@@](OC(F)F)(c3nc4ccccc4n31)N([2H])C2=O. The van der Waals surface area contributed by atoms with Gasteiger partial charge in [-0.1, -0.05) is 18.2 Å². The lowest BCUT2D eigenvalue weighted by molar-refractivity contribution is -0.222. The number of rotatable bonds is 4. The van der Waals surface area contributed by atoms with Gasteiger partial charge in [0.2, 0.25) is 17.6 Å². The summed E-state index contributed by atoms with van der Waals surface area (Å²) in [4.78, 5) is 41.3. The van der Waals surface area contributed by atoms with Crippen LogP contribution in [-0.4, -0.2) is 57.6 Å². The molecule has 10 nitrogen and oxygen atoms in total. The van der Waals surface area contributed by atoms with Crippen molar-refractivity contribution in [1.82, 2.24) is 30.1 Å². The van der Waals surface area contributed by atoms with Gasteiger partial charge in [-0.05, 0) is 42.3 Å². The third kappa shape index (κ3) is 3.58. The Morgan fingerprint density at radius 3 is 2.90 bits per heavy atom. The summed E-state index contributed by atoms with van der Waals surface area (Å²) in [5.74, 6) is -1.02. The number of alkyl halides is 2. The molecule has 2 N–H and O–H groups in total. The monoisotopic (exact) mass is 534 g/mol. The number of carbonyl (C=O) groups excluding carboxylic acids is 2. The second kappa shape index (κ2) is 8.53. The van der Waals surface area contributed by atoms with E-state index < -0.39 is 30.3 Å². The summed E-state index contributed by atoms with van der Waals surface area (Å²) in [7, 11) is 0. The second-order valence-electron chi connectivity index (χ2n) is 9.65. The van der Waals surface area contributed by atoms with E-state index in [0.717, 1.165) is 0 Å². The first kappa shape index (κ1) is 20.5. The first-order valence-corrected chi connectivity index (χ1v) is 12.4. The molecule has 0 saturated carbocycles. The van der Waals surface area contributed by atoms with Gasteiger partial charge in [-0.2, -0.15) is 8.78 Å². The number of nitrogens with one attached hydrogen (secondary N) is 2. The van der Waals surface area contributed by atoms with Crippen molar-refractivity contribution in [1.29, 1.82) is 0 Å². The lowest BCUT2D eigenvalue weighted by Gasteiger charge is -2.28. The fourth-order valence-corrected chi connectivity index (χ4v) is 5.80. The van der Waals surface area contributed by atoms with E-state index in [1.807, 2.05) is 0 Å². The van der Waals surface area contributed by atoms with E-state index >= 15 is 0 Å². The number of anilines is 1. The van der Waals surface area contributed by atoms with Crippen LogP contribution in [0, 0.1) is 6.92 Å². The van der Waals surface area contributed by atoms with Crippen LogP contribution in [0.5, 0.6) is 0 Å². The molecule has 2 aromatic heterocycles. The van der Waals surface area contributed by atoms with E-state index in [4.69, 9.17) is 13.9 Å². The predicted octanol–water partition coefficient (Wildman–Crippen LogP) is 2.87. The summed E-state index contributed by atoms with van der Waals surface area (Å²) >= 11 is 0. The molecule has 5 heterocycles. The van der Waals surface area contributed by atoms with Crippen LogP contribution in [0.2, 0.25) is 1.41 Å². The van der Waals surface area contributed by atoms with Crippen molar-refractivity contribution in [3.8, 4) is 11.3 Å². The second-order valence-corrected chi connectivity index (χ2v) is 9.65. The number of imidazole rings is 1. The molecule has 0 unspecified atom stereocenters. The third-order valence-electron chi connectivity index (χ3n) is 7.35. The standard InChI is InChI=1S/C27H23F2N7O3/c1-14-6-7-15-22(21(14)17-8-9-31-26(33-17)35-11-10-30-20(37)13-35)19-12-27(34-23(15)38,39-25(28)29)24-32-16-4-2-3-5-18(16)36(19)24/h2-9,19,25H,10-13H2,1H3,(H,30,37)(H,34,38)/t19-,27-/m1/s1/i6D,7D/hD. The normalized spacial score (nSPS) is 23.3. The summed E-state index contributed by atoms with van der Waals surface area (Å²) in [5, 5.41) is 3.08. The lowest BCUT2D eigenvalue weighted by Crippen LogP contribution is -2.48. The molecular formula is C27H23F2N7O3. The molecule has 0 aliphatic carbocycles. The highest BCUT2D eigenvalue weighted by Crippen LogP contribution is 2.51. The van der Waals surface area contributed by atoms with Crippen molar-refractivity contribution in [2.24, 2.45) is 0 Å². The zero-order valence-electron chi connectivity index (χ0n) is 23.6. The van der Waals surface area contributed by atoms with Crippen molar-refractivity contribution in [3.63, 3.8) is 0 Å². The Labute approximate surface area is 225 Å². The van der Waals surface area contributed by atoms with E-state index in [1.165, 1.54) is 6.20 Å². The largest absolute Gasteiger partial charge is 0.353 e. The number of halogens is 2. The molecule has 0 radical (unpaired) electrons. The van der Waals surface area contributed by atoms with Crippen LogP contribution in [0.1, 0.15) is 42.5 Å². The van der Waals surface area contributed by atoms with Gasteiger partial charge in [0.05, 0.1) is 32.1 Å². The topological polar surface area (TPSA) is 114 Å². The summed E-state index contributed by atoms with van der Waals surface area (Å²) < 4.78 is 61.1. The lowest BCUT2D eigenvalue weighted by atomic mass is 9.88. The van der Waals surface area contributed by atoms with Crippen LogP contribution in [0.15, 0.2) is 48.6 Å². The molecule has 2 amide bonds. The molecule has 2 bridgehead atoms. The molecule has 39 heavy (non-hydrogen) atoms. The highest BCUT2D eigenvalue weighted by molar-refractivity contribution is 6.00. The number of ether oxygens (including phenoxy) is 1. The number of carbonyl (C=O) groups is 2. The number of fused-ring (bicyclic) bond motifs is 9. The van der Waals surface area contributed by atoms with Crippen LogP contribution >= 0.6 is 0 Å². The molecule has 2 aromatic carbocycles. The molecule has 7 rings (SSSR count). The van der Waals surface area contributed by atoms with Gasteiger partial charge in [-0.3, -0.25) is 14.3 Å². The maximum absolute atomic E-state index is 14.0. The molecule has 1 fully saturated rings. The van der Waals surface area contributed by atoms with Gasteiger partial charge in [0, 0.05) is 36.8 Å². The number of benzene rings is 2. The number of hydrogen-bond acceptors (Lipinski definition) is 7. The van der Waals surface area contributed by atoms with E-state index in [9.17, 15) is 18.4 Å². The number of hydrogen-bond donors (Lipinski definition) is 2. The highest BCUT2D eigenvalue weighted by atomic mass is 19.3. The number of amides is 2. The average molecular weight is 535 g/mol. The molecule has 0 spiro atoms. The quantitative estimate of drug-likeness (QED) is 0.414. The summed E-state index contributed by atoms with van der Waals surface area (Å²) in [5.41, 5.74) is -0.231. The Bertz CT molecular complexity index is 1820. The Morgan fingerprint density at radius 1 is 1.23 bits per heavy atom. The molecule has 3 aliphatic rings.